The van der Waals surface area contributed by atoms with Crippen LogP contribution in [-0.2, 0) is 4.74 Å². The average molecular weight is 396 g/mol. The van der Waals surface area contributed by atoms with Crippen molar-refractivity contribution in [2.24, 2.45) is 0 Å². The number of pyridine rings is 1. The summed E-state index contributed by atoms with van der Waals surface area (Å²) in [5, 5.41) is 5.65. The Morgan fingerprint density at radius 2 is 1.76 bits per heavy atom. The van der Waals surface area contributed by atoms with Gasteiger partial charge < -0.3 is 20.3 Å². The highest BCUT2D eigenvalue weighted by molar-refractivity contribution is 6.03. The zero-order chi connectivity index (χ0) is 20.6. The first-order valence-corrected chi connectivity index (χ1v) is 10.1. The second-order valence-corrected chi connectivity index (χ2v) is 6.93. The van der Waals surface area contributed by atoms with E-state index < -0.39 is 0 Å². The van der Waals surface area contributed by atoms with Crippen molar-refractivity contribution in [2.45, 2.75) is 32.8 Å². The van der Waals surface area contributed by atoms with Crippen LogP contribution in [0.5, 0.6) is 0 Å². The van der Waals surface area contributed by atoms with Crippen LogP contribution in [0.15, 0.2) is 42.5 Å². The van der Waals surface area contributed by atoms with Crippen LogP contribution in [0.4, 0.5) is 11.4 Å². The molecule has 2 amide bonds. The third-order valence-corrected chi connectivity index (χ3v) is 4.98. The van der Waals surface area contributed by atoms with E-state index in [-0.39, 0.29) is 29.3 Å². The smallest absolute Gasteiger partial charge is 0.274 e. The molecular weight excluding hydrogens is 368 g/mol. The lowest BCUT2D eigenvalue weighted by Crippen LogP contribution is -2.32. The molecule has 0 radical (unpaired) electrons. The van der Waals surface area contributed by atoms with Crippen LogP contribution in [0.25, 0.3) is 0 Å². The Labute approximate surface area is 171 Å². The van der Waals surface area contributed by atoms with E-state index in [4.69, 9.17) is 4.74 Å². The van der Waals surface area contributed by atoms with Gasteiger partial charge in [-0.05, 0) is 63.1 Å². The van der Waals surface area contributed by atoms with E-state index in [1.54, 1.807) is 18.2 Å². The van der Waals surface area contributed by atoms with Gasteiger partial charge in [-0.3, -0.25) is 9.59 Å². The van der Waals surface area contributed by atoms with Gasteiger partial charge >= 0.3 is 0 Å². The number of nitrogens with zero attached hydrogens (tertiary/aromatic N) is 2. The van der Waals surface area contributed by atoms with E-state index in [2.05, 4.69) is 34.4 Å². The number of aromatic nitrogens is 1. The molecule has 2 N–H and O–H groups in total. The van der Waals surface area contributed by atoms with Gasteiger partial charge in [-0.25, -0.2) is 4.98 Å². The van der Waals surface area contributed by atoms with Gasteiger partial charge in [0.15, 0.2) is 0 Å². The summed E-state index contributed by atoms with van der Waals surface area (Å²) in [4.78, 5) is 31.3. The third kappa shape index (κ3) is 5.54. The van der Waals surface area contributed by atoms with E-state index in [0.29, 0.717) is 12.2 Å². The fourth-order valence-electron chi connectivity index (χ4n) is 3.33. The maximum absolute atomic E-state index is 12.6. The number of nitrogens with one attached hydrogen (secondary N) is 2. The molecule has 1 aliphatic heterocycles. The van der Waals surface area contributed by atoms with Crippen LogP contribution >= 0.6 is 0 Å². The van der Waals surface area contributed by atoms with Crippen molar-refractivity contribution in [1.82, 2.24) is 10.3 Å². The van der Waals surface area contributed by atoms with Gasteiger partial charge in [0.05, 0.1) is 6.10 Å². The summed E-state index contributed by atoms with van der Waals surface area (Å²) in [6, 6.07) is 12.5. The SMILES string of the molecule is CCN(CC)c1ccc(NC(=O)c2cccc(C(=O)NCC3CCCO3)n2)cc1. The van der Waals surface area contributed by atoms with Crippen LogP contribution in [0.3, 0.4) is 0 Å². The first-order valence-electron chi connectivity index (χ1n) is 10.1. The van der Waals surface area contributed by atoms with Crippen molar-refractivity contribution < 1.29 is 14.3 Å². The summed E-state index contributed by atoms with van der Waals surface area (Å²) >= 11 is 0. The largest absolute Gasteiger partial charge is 0.376 e. The quantitative estimate of drug-likeness (QED) is 0.716. The molecule has 0 bridgehead atoms. The molecule has 1 atom stereocenters. The number of carbonyl (C=O) groups excluding carboxylic acids is 2. The van der Waals surface area contributed by atoms with Gasteiger partial charge in [0, 0.05) is 37.6 Å². The number of hydrogen-bond acceptors (Lipinski definition) is 5. The number of anilines is 2. The maximum Gasteiger partial charge on any atom is 0.274 e. The monoisotopic (exact) mass is 396 g/mol. The summed E-state index contributed by atoms with van der Waals surface area (Å²) < 4.78 is 5.50. The minimum atomic E-state index is -0.352. The highest BCUT2D eigenvalue weighted by Crippen LogP contribution is 2.18. The van der Waals surface area contributed by atoms with Crippen molar-refractivity contribution in [3.63, 3.8) is 0 Å². The number of hydrogen-bond donors (Lipinski definition) is 2. The number of ether oxygens (including phenoxy) is 1. The predicted molar refractivity (Wildman–Crippen MR) is 114 cm³/mol. The lowest BCUT2D eigenvalue weighted by molar-refractivity contribution is 0.0853. The maximum atomic E-state index is 12.6. The van der Waals surface area contributed by atoms with Gasteiger partial charge in [-0.15, -0.1) is 0 Å². The molecule has 1 unspecified atom stereocenters. The standard InChI is InChI=1S/C22H28N4O3/c1-3-26(4-2)17-12-10-16(11-13-17)24-22(28)20-9-5-8-19(25-20)21(27)23-15-18-7-6-14-29-18/h5,8-13,18H,3-4,6-7,14-15H2,1-2H3,(H,23,27)(H,24,28). The van der Waals surface area contributed by atoms with E-state index in [1.807, 2.05) is 24.3 Å². The zero-order valence-electron chi connectivity index (χ0n) is 17.0. The van der Waals surface area contributed by atoms with Crippen LogP contribution in [0.2, 0.25) is 0 Å². The Hall–Kier alpha value is -2.93. The molecule has 2 heterocycles. The first-order chi connectivity index (χ1) is 14.1. The predicted octanol–water partition coefficient (Wildman–Crippen LogP) is 3.09. The molecular formula is C22H28N4O3. The van der Waals surface area contributed by atoms with E-state index in [9.17, 15) is 9.59 Å². The first kappa shape index (κ1) is 20.8. The van der Waals surface area contributed by atoms with Gasteiger partial charge in [-0.2, -0.15) is 0 Å². The van der Waals surface area contributed by atoms with Crippen LogP contribution in [0.1, 0.15) is 47.7 Å². The molecule has 3 rings (SSSR count). The lowest BCUT2D eigenvalue weighted by atomic mass is 10.2. The number of benzene rings is 1. The second-order valence-electron chi connectivity index (χ2n) is 6.93. The van der Waals surface area contributed by atoms with Crippen LogP contribution < -0.4 is 15.5 Å². The highest BCUT2D eigenvalue weighted by atomic mass is 16.5. The molecule has 1 aromatic carbocycles. The molecule has 1 aliphatic rings. The van der Waals surface area contributed by atoms with Crippen molar-refractivity contribution in [2.75, 3.05) is 36.5 Å². The van der Waals surface area contributed by atoms with Crippen molar-refractivity contribution in [1.29, 1.82) is 0 Å². The lowest BCUT2D eigenvalue weighted by Gasteiger charge is -2.21. The molecule has 7 nitrogen and oxygen atoms in total. The Morgan fingerprint density at radius 1 is 1.07 bits per heavy atom. The molecule has 29 heavy (non-hydrogen) atoms. The molecule has 0 spiro atoms. The van der Waals surface area contributed by atoms with Crippen molar-refractivity contribution in [3.8, 4) is 0 Å². The minimum Gasteiger partial charge on any atom is -0.376 e. The number of rotatable bonds is 8. The van der Waals surface area contributed by atoms with Crippen molar-refractivity contribution in [3.05, 3.63) is 53.9 Å². The summed E-state index contributed by atoms with van der Waals surface area (Å²) in [6.07, 6.45) is 2.03. The van der Waals surface area contributed by atoms with Gasteiger partial charge in [0.2, 0.25) is 0 Å². The average Bonchev–Trinajstić information content (AvgIpc) is 3.28. The van der Waals surface area contributed by atoms with E-state index >= 15 is 0 Å². The molecule has 1 aromatic heterocycles. The number of carbonyl (C=O) groups is 2. The highest BCUT2D eigenvalue weighted by Gasteiger charge is 2.18. The molecule has 1 saturated heterocycles. The van der Waals surface area contributed by atoms with Gasteiger partial charge in [-0.1, -0.05) is 6.07 Å². The second kappa shape index (κ2) is 10.0. The Balaban J connectivity index is 1.60. The van der Waals surface area contributed by atoms with E-state index in [1.165, 1.54) is 0 Å². The Bertz CT molecular complexity index is 828. The molecule has 0 aliphatic carbocycles. The Morgan fingerprint density at radius 3 is 2.38 bits per heavy atom. The summed E-state index contributed by atoms with van der Waals surface area (Å²) in [5.41, 5.74) is 2.20. The zero-order valence-corrected chi connectivity index (χ0v) is 17.0. The van der Waals surface area contributed by atoms with Crippen LogP contribution in [-0.4, -0.2) is 49.1 Å². The Kier molecular flexibility index (Phi) is 7.19. The summed E-state index contributed by atoms with van der Waals surface area (Å²) in [7, 11) is 0. The molecule has 154 valence electrons. The molecule has 0 saturated carbocycles. The van der Waals surface area contributed by atoms with E-state index in [0.717, 1.165) is 38.2 Å². The summed E-state index contributed by atoms with van der Waals surface area (Å²) in [5.74, 6) is -0.659. The fourth-order valence-corrected chi connectivity index (χ4v) is 3.33. The minimum absolute atomic E-state index is 0.0599. The third-order valence-electron chi connectivity index (χ3n) is 4.98. The fraction of sp³-hybridized carbons (Fsp3) is 0.409. The summed E-state index contributed by atoms with van der Waals surface area (Å²) in [6.45, 7) is 7.26. The molecule has 7 heteroatoms. The topological polar surface area (TPSA) is 83.6 Å². The number of amides is 2. The van der Waals surface area contributed by atoms with Gasteiger partial charge in [0.1, 0.15) is 11.4 Å². The molecule has 2 aromatic rings. The normalized spacial score (nSPS) is 15.7. The molecule has 1 fully saturated rings. The van der Waals surface area contributed by atoms with Gasteiger partial charge in [0.25, 0.3) is 11.8 Å². The van der Waals surface area contributed by atoms with Crippen molar-refractivity contribution >= 4 is 23.2 Å². The van der Waals surface area contributed by atoms with Crippen LogP contribution in [0, 0.1) is 0 Å².